The van der Waals surface area contributed by atoms with E-state index in [9.17, 15) is 9.59 Å². The van der Waals surface area contributed by atoms with Crippen LogP contribution in [0.3, 0.4) is 0 Å². The maximum atomic E-state index is 13.5. The average molecular weight is 545 g/mol. The first-order valence-electron chi connectivity index (χ1n) is 14.1. The van der Waals surface area contributed by atoms with E-state index in [0.717, 1.165) is 53.8 Å². The summed E-state index contributed by atoms with van der Waals surface area (Å²) in [6.07, 6.45) is 6.97. The molecule has 0 saturated carbocycles. The molecule has 2 aromatic carbocycles. The number of carbonyl (C=O) groups excluding carboxylic acids is 2. The van der Waals surface area contributed by atoms with Crippen molar-refractivity contribution in [2.45, 2.75) is 65.2 Å². The molecule has 1 aromatic heterocycles. The minimum atomic E-state index is -0.525. The van der Waals surface area contributed by atoms with Gasteiger partial charge >= 0.3 is 0 Å². The molecule has 0 radical (unpaired) electrons. The molecule has 2 N–H and O–H groups in total. The molecular formula is C32H40N4O4. The zero-order valence-corrected chi connectivity index (χ0v) is 23.5. The van der Waals surface area contributed by atoms with E-state index in [-0.39, 0.29) is 18.4 Å². The number of benzene rings is 2. The Morgan fingerprint density at radius 3 is 2.60 bits per heavy atom. The van der Waals surface area contributed by atoms with Gasteiger partial charge in [-0.25, -0.2) is 0 Å². The predicted molar refractivity (Wildman–Crippen MR) is 155 cm³/mol. The standard InChI is InChI=1S/C32H40N4O4/c1-3-17-39-30-14-11-26(18-24(30)2)22-36(29-8-4-5-16-35-32(29)38)31(37)23-40-28-12-9-25(10-13-28)19-34-21-27-7-6-15-33-20-27/h6-7,9-15,18,20,29,34H,3-5,8,16-17,19,21-23H2,1-2H3,(H,35,38). The second-order valence-corrected chi connectivity index (χ2v) is 10.2. The van der Waals surface area contributed by atoms with Crippen LogP contribution in [0.2, 0.25) is 0 Å². The van der Waals surface area contributed by atoms with Crippen LogP contribution in [0.1, 0.15) is 54.9 Å². The lowest BCUT2D eigenvalue weighted by Crippen LogP contribution is -2.49. The number of hydrogen-bond acceptors (Lipinski definition) is 6. The van der Waals surface area contributed by atoms with E-state index in [1.807, 2.05) is 67.7 Å². The molecule has 8 heteroatoms. The van der Waals surface area contributed by atoms with Gasteiger partial charge in [-0.15, -0.1) is 0 Å². The van der Waals surface area contributed by atoms with Gasteiger partial charge in [0.05, 0.1) is 6.61 Å². The van der Waals surface area contributed by atoms with E-state index in [1.54, 1.807) is 11.1 Å². The Bertz CT molecular complexity index is 1230. The number of pyridine rings is 1. The number of carbonyl (C=O) groups is 2. The maximum Gasteiger partial charge on any atom is 0.261 e. The van der Waals surface area contributed by atoms with E-state index < -0.39 is 6.04 Å². The molecule has 1 aliphatic rings. The number of ether oxygens (including phenoxy) is 2. The number of rotatable bonds is 13. The predicted octanol–water partition coefficient (Wildman–Crippen LogP) is 4.54. The first-order valence-corrected chi connectivity index (χ1v) is 14.1. The van der Waals surface area contributed by atoms with E-state index in [0.29, 0.717) is 38.4 Å². The smallest absolute Gasteiger partial charge is 0.261 e. The van der Waals surface area contributed by atoms with Crippen LogP contribution in [-0.4, -0.2) is 47.5 Å². The van der Waals surface area contributed by atoms with Gasteiger partial charge in [0.15, 0.2) is 6.61 Å². The van der Waals surface area contributed by atoms with Crippen molar-refractivity contribution in [3.8, 4) is 11.5 Å². The Balaban J connectivity index is 1.37. The van der Waals surface area contributed by atoms with Crippen LogP contribution in [-0.2, 0) is 29.2 Å². The Morgan fingerprint density at radius 2 is 1.85 bits per heavy atom. The molecule has 1 fully saturated rings. The number of amides is 2. The van der Waals surface area contributed by atoms with Crippen LogP contribution < -0.4 is 20.1 Å². The molecule has 0 bridgehead atoms. The van der Waals surface area contributed by atoms with Crippen molar-refractivity contribution < 1.29 is 19.1 Å². The highest BCUT2D eigenvalue weighted by Crippen LogP contribution is 2.23. The fraction of sp³-hybridized carbons (Fsp3) is 0.406. The third-order valence-corrected chi connectivity index (χ3v) is 6.92. The lowest BCUT2D eigenvalue weighted by Gasteiger charge is -2.30. The van der Waals surface area contributed by atoms with Gasteiger partial charge in [0, 0.05) is 38.6 Å². The molecule has 0 spiro atoms. The minimum absolute atomic E-state index is 0.103. The van der Waals surface area contributed by atoms with Gasteiger partial charge in [-0.3, -0.25) is 14.6 Å². The van der Waals surface area contributed by atoms with Gasteiger partial charge in [0.1, 0.15) is 17.5 Å². The number of nitrogens with one attached hydrogen (secondary N) is 2. The van der Waals surface area contributed by atoms with Crippen LogP contribution in [0.15, 0.2) is 67.0 Å². The monoisotopic (exact) mass is 544 g/mol. The van der Waals surface area contributed by atoms with Gasteiger partial charge in [0.25, 0.3) is 5.91 Å². The van der Waals surface area contributed by atoms with Gasteiger partial charge in [-0.05, 0) is 79.1 Å². The van der Waals surface area contributed by atoms with Crippen molar-refractivity contribution in [2.24, 2.45) is 0 Å². The topological polar surface area (TPSA) is 92.8 Å². The highest BCUT2D eigenvalue weighted by Gasteiger charge is 2.31. The Labute approximate surface area is 237 Å². The maximum absolute atomic E-state index is 13.5. The van der Waals surface area contributed by atoms with Gasteiger partial charge in [0.2, 0.25) is 5.91 Å². The quantitative estimate of drug-likeness (QED) is 0.328. The zero-order valence-electron chi connectivity index (χ0n) is 23.5. The summed E-state index contributed by atoms with van der Waals surface area (Å²) in [6, 6.07) is 17.1. The summed E-state index contributed by atoms with van der Waals surface area (Å²) in [7, 11) is 0. The van der Waals surface area contributed by atoms with Crippen molar-refractivity contribution in [1.29, 1.82) is 0 Å². The molecule has 3 aromatic rings. The van der Waals surface area contributed by atoms with Crippen LogP contribution in [0.4, 0.5) is 0 Å². The zero-order chi connectivity index (χ0) is 28.2. The third kappa shape index (κ3) is 8.55. The highest BCUT2D eigenvalue weighted by atomic mass is 16.5. The molecule has 8 nitrogen and oxygen atoms in total. The number of aromatic nitrogens is 1. The molecule has 40 heavy (non-hydrogen) atoms. The first kappa shape index (κ1) is 29.1. The summed E-state index contributed by atoms with van der Waals surface area (Å²) in [5.41, 5.74) is 4.20. The average Bonchev–Trinajstić information content (AvgIpc) is 3.19. The van der Waals surface area contributed by atoms with E-state index in [1.165, 1.54) is 0 Å². The van der Waals surface area contributed by atoms with Crippen LogP contribution >= 0.6 is 0 Å². The third-order valence-electron chi connectivity index (χ3n) is 6.92. The Hall–Kier alpha value is -3.91. The minimum Gasteiger partial charge on any atom is -0.493 e. The molecule has 212 valence electrons. The van der Waals surface area contributed by atoms with Crippen molar-refractivity contribution in [1.82, 2.24) is 20.5 Å². The van der Waals surface area contributed by atoms with Gasteiger partial charge < -0.3 is 25.0 Å². The SMILES string of the molecule is CCCOc1ccc(CN(C(=O)COc2ccc(CNCc3cccnc3)cc2)C2CCCCNC2=O)cc1C. The van der Waals surface area contributed by atoms with Crippen LogP contribution in [0.5, 0.6) is 11.5 Å². The molecule has 1 saturated heterocycles. The Kier molecular flexibility index (Phi) is 10.9. The second kappa shape index (κ2) is 15.0. The lowest BCUT2D eigenvalue weighted by molar-refractivity contribution is -0.142. The first-order chi connectivity index (χ1) is 19.5. The lowest BCUT2D eigenvalue weighted by atomic mass is 10.1. The normalized spacial score (nSPS) is 15.2. The van der Waals surface area contributed by atoms with Crippen molar-refractivity contribution in [3.63, 3.8) is 0 Å². The fourth-order valence-corrected chi connectivity index (χ4v) is 4.76. The fourth-order valence-electron chi connectivity index (χ4n) is 4.76. The second-order valence-electron chi connectivity index (χ2n) is 10.2. The number of hydrogen-bond donors (Lipinski definition) is 2. The summed E-state index contributed by atoms with van der Waals surface area (Å²) >= 11 is 0. The molecule has 2 amide bonds. The highest BCUT2D eigenvalue weighted by molar-refractivity contribution is 5.88. The van der Waals surface area contributed by atoms with Crippen molar-refractivity contribution in [3.05, 3.63) is 89.2 Å². The number of nitrogens with zero attached hydrogens (tertiary/aromatic N) is 2. The van der Waals surface area contributed by atoms with Crippen molar-refractivity contribution in [2.75, 3.05) is 19.8 Å². The van der Waals surface area contributed by atoms with Gasteiger partial charge in [-0.1, -0.05) is 37.3 Å². The van der Waals surface area contributed by atoms with Gasteiger partial charge in [-0.2, -0.15) is 0 Å². The van der Waals surface area contributed by atoms with E-state index >= 15 is 0 Å². The molecule has 0 aliphatic carbocycles. The summed E-state index contributed by atoms with van der Waals surface area (Å²) in [5.74, 6) is 1.14. The Morgan fingerprint density at radius 1 is 1.05 bits per heavy atom. The molecule has 1 unspecified atom stereocenters. The summed E-state index contributed by atoms with van der Waals surface area (Å²) in [6.45, 7) is 7.01. The van der Waals surface area contributed by atoms with Crippen LogP contribution in [0, 0.1) is 6.92 Å². The molecule has 2 heterocycles. The molecular weight excluding hydrogens is 504 g/mol. The summed E-state index contributed by atoms with van der Waals surface area (Å²) in [5, 5.41) is 6.36. The van der Waals surface area contributed by atoms with E-state index in [4.69, 9.17) is 9.47 Å². The number of aryl methyl sites for hydroxylation is 1. The molecule has 1 atom stereocenters. The van der Waals surface area contributed by atoms with Crippen molar-refractivity contribution >= 4 is 11.8 Å². The summed E-state index contributed by atoms with van der Waals surface area (Å²) < 4.78 is 11.7. The molecule has 1 aliphatic heterocycles. The van der Waals surface area contributed by atoms with Crippen LogP contribution in [0.25, 0.3) is 0 Å². The summed E-state index contributed by atoms with van der Waals surface area (Å²) in [4.78, 5) is 32.2. The molecule has 4 rings (SSSR count). The largest absolute Gasteiger partial charge is 0.493 e. The van der Waals surface area contributed by atoms with E-state index in [2.05, 4.69) is 22.5 Å².